The molecular weight excluding hydrogens is 452 g/mol. The molecule has 11 heteroatoms. The van der Waals surface area contributed by atoms with E-state index in [2.05, 4.69) is 25.3 Å². The van der Waals surface area contributed by atoms with Gasteiger partial charge in [0.15, 0.2) is 11.2 Å². The van der Waals surface area contributed by atoms with E-state index in [4.69, 9.17) is 9.84 Å². The number of nitrogens with zero attached hydrogens (tertiary/aromatic N) is 5. The van der Waals surface area contributed by atoms with Crippen molar-refractivity contribution in [1.29, 1.82) is 0 Å². The lowest BCUT2D eigenvalue weighted by Crippen LogP contribution is -2.48. The van der Waals surface area contributed by atoms with Gasteiger partial charge >= 0.3 is 11.9 Å². The van der Waals surface area contributed by atoms with Gasteiger partial charge in [-0.2, -0.15) is 5.10 Å². The molecule has 0 radical (unpaired) electrons. The van der Waals surface area contributed by atoms with Gasteiger partial charge in [-0.15, -0.1) is 0 Å². The number of carboxylic acid groups (broad SMARTS) is 1. The maximum atomic E-state index is 13.4. The van der Waals surface area contributed by atoms with Crippen LogP contribution < -0.4 is 5.32 Å². The number of nitrogens with one attached hydrogen (secondary N) is 1. The molecule has 2 aliphatic rings. The van der Waals surface area contributed by atoms with E-state index in [0.717, 1.165) is 45.0 Å². The van der Waals surface area contributed by atoms with Crippen molar-refractivity contribution in [3.05, 3.63) is 24.7 Å². The highest BCUT2D eigenvalue weighted by Crippen LogP contribution is 2.33. The summed E-state index contributed by atoms with van der Waals surface area (Å²) in [5.74, 6) is -2.30. The molecule has 35 heavy (non-hydrogen) atoms. The molecule has 1 aliphatic heterocycles. The Morgan fingerprint density at radius 1 is 1.00 bits per heavy atom. The SMILES string of the molecule is O=C(O)/C=C\C(=O)OC1(C(=O)Nc2ncnc3c2cnn3CCN2CCCCCC2)CCCCC1. The lowest BCUT2D eigenvalue weighted by Gasteiger charge is -2.34. The van der Waals surface area contributed by atoms with Crippen molar-refractivity contribution in [2.45, 2.75) is 69.9 Å². The van der Waals surface area contributed by atoms with E-state index < -0.39 is 23.4 Å². The molecule has 0 atom stereocenters. The number of amides is 1. The third kappa shape index (κ3) is 6.21. The first-order chi connectivity index (χ1) is 17.0. The fraction of sp³-hybridized carbons (Fsp3) is 0.583. The van der Waals surface area contributed by atoms with Crippen molar-refractivity contribution < 1.29 is 24.2 Å². The Balaban J connectivity index is 1.48. The molecule has 2 N–H and O–H groups in total. The van der Waals surface area contributed by atoms with Crippen molar-refractivity contribution in [2.75, 3.05) is 25.0 Å². The summed E-state index contributed by atoms with van der Waals surface area (Å²) < 4.78 is 7.35. The van der Waals surface area contributed by atoms with E-state index in [9.17, 15) is 14.4 Å². The van der Waals surface area contributed by atoms with E-state index in [1.165, 1.54) is 32.0 Å². The van der Waals surface area contributed by atoms with Crippen molar-refractivity contribution >= 4 is 34.7 Å². The first kappa shape index (κ1) is 24.8. The third-order valence-electron chi connectivity index (χ3n) is 6.73. The summed E-state index contributed by atoms with van der Waals surface area (Å²) in [6.07, 6.45) is 12.6. The molecule has 2 fully saturated rings. The number of ether oxygens (including phenoxy) is 1. The highest BCUT2D eigenvalue weighted by molar-refractivity contribution is 6.03. The number of carbonyl (C=O) groups excluding carboxylic acids is 2. The largest absolute Gasteiger partial charge is 0.478 e. The Kier molecular flexibility index (Phi) is 8.06. The number of aromatic nitrogens is 4. The fourth-order valence-electron chi connectivity index (χ4n) is 4.84. The van der Waals surface area contributed by atoms with Gasteiger partial charge in [-0.25, -0.2) is 24.2 Å². The normalized spacial score (nSPS) is 18.9. The number of hydrogen-bond donors (Lipinski definition) is 2. The Labute approximate surface area is 203 Å². The van der Waals surface area contributed by atoms with Crippen LogP contribution in [0.1, 0.15) is 57.8 Å². The predicted molar refractivity (Wildman–Crippen MR) is 128 cm³/mol. The van der Waals surface area contributed by atoms with Crippen LogP contribution in [0.2, 0.25) is 0 Å². The summed E-state index contributed by atoms with van der Waals surface area (Å²) in [5, 5.41) is 16.7. The topological polar surface area (TPSA) is 140 Å². The van der Waals surface area contributed by atoms with E-state index in [1.807, 2.05) is 4.68 Å². The van der Waals surface area contributed by atoms with Gasteiger partial charge in [0.1, 0.15) is 12.1 Å². The van der Waals surface area contributed by atoms with E-state index in [0.29, 0.717) is 42.3 Å². The minimum atomic E-state index is -1.38. The second-order valence-electron chi connectivity index (χ2n) is 9.18. The molecule has 0 unspecified atom stereocenters. The van der Waals surface area contributed by atoms with Gasteiger partial charge in [0.25, 0.3) is 5.91 Å². The summed E-state index contributed by atoms with van der Waals surface area (Å²) in [7, 11) is 0. The number of esters is 1. The van der Waals surface area contributed by atoms with Crippen LogP contribution >= 0.6 is 0 Å². The minimum Gasteiger partial charge on any atom is -0.478 e. The summed E-state index contributed by atoms with van der Waals surface area (Å²) in [4.78, 5) is 47.4. The highest BCUT2D eigenvalue weighted by Gasteiger charge is 2.43. The van der Waals surface area contributed by atoms with Gasteiger partial charge < -0.3 is 20.1 Å². The first-order valence-electron chi connectivity index (χ1n) is 12.3. The molecular formula is C24H32N6O5. The Hall–Kier alpha value is -3.34. The maximum Gasteiger partial charge on any atom is 0.332 e. The lowest BCUT2D eigenvalue weighted by atomic mass is 9.83. The average molecular weight is 485 g/mol. The molecule has 1 saturated heterocycles. The van der Waals surface area contributed by atoms with Gasteiger partial charge in [-0.3, -0.25) is 4.79 Å². The zero-order valence-corrected chi connectivity index (χ0v) is 19.8. The van der Waals surface area contributed by atoms with Crippen LogP contribution in [0.15, 0.2) is 24.7 Å². The third-order valence-corrected chi connectivity index (χ3v) is 6.73. The van der Waals surface area contributed by atoms with Crippen molar-refractivity contribution in [3.8, 4) is 0 Å². The summed E-state index contributed by atoms with van der Waals surface area (Å²) in [5.41, 5.74) is -0.748. The standard InChI is InChI=1S/C24H32N6O5/c31-19(32)8-9-20(33)35-24(10-4-3-5-11-24)23(34)28-21-18-16-27-30(22(18)26-17-25-21)15-14-29-12-6-1-2-7-13-29/h8-9,16-17H,1-7,10-15H2,(H,31,32)(H,25,26,28,34)/b9-8-. The smallest absolute Gasteiger partial charge is 0.332 e. The number of rotatable bonds is 8. The zero-order valence-electron chi connectivity index (χ0n) is 19.8. The molecule has 0 aromatic carbocycles. The van der Waals surface area contributed by atoms with Crippen LogP contribution in [0.5, 0.6) is 0 Å². The van der Waals surface area contributed by atoms with Crippen molar-refractivity contribution in [2.24, 2.45) is 0 Å². The highest BCUT2D eigenvalue weighted by atomic mass is 16.6. The van der Waals surface area contributed by atoms with E-state index in [1.54, 1.807) is 6.20 Å². The molecule has 0 spiro atoms. The molecule has 2 aromatic rings. The lowest BCUT2D eigenvalue weighted by molar-refractivity contribution is -0.165. The fourth-order valence-corrected chi connectivity index (χ4v) is 4.84. The van der Waals surface area contributed by atoms with Gasteiger partial charge in [0.05, 0.1) is 18.1 Å². The van der Waals surface area contributed by atoms with E-state index in [-0.39, 0.29) is 0 Å². The molecule has 0 bridgehead atoms. The Bertz CT molecular complexity index is 1080. The van der Waals surface area contributed by atoms with Gasteiger partial charge in [0.2, 0.25) is 0 Å². The van der Waals surface area contributed by atoms with Crippen molar-refractivity contribution in [3.63, 3.8) is 0 Å². The molecule has 1 amide bonds. The monoisotopic (exact) mass is 484 g/mol. The number of likely N-dealkylation sites (tertiary alicyclic amines) is 1. The number of fused-ring (bicyclic) bond motifs is 1. The molecule has 4 rings (SSSR count). The van der Waals surface area contributed by atoms with Crippen LogP contribution in [0.4, 0.5) is 5.82 Å². The average Bonchev–Trinajstić information content (AvgIpc) is 3.09. The number of hydrogen-bond acceptors (Lipinski definition) is 8. The molecule has 1 aliphatic carbocycles. The molecule has 1 saturated carbocycles. The van der Waals surface area contributed by atoms with Crippen molar-refractivity contribution in [1.82, 2.24) is 24.6 Å². The van der Waals surface area contributed by atoms with Crippen LogP contribution in [-0.2, 0) is 25.7 Å². The van der Waals surface area contributed by atoms with Crippen LogP contribution in [0, 0.1) is 0 Å². The van der Waals surface area contributed by atoms with Gasteiger partial charge in [0, 0.05) is 18.7 Å². The van der Waals surface area contributed by atoms with Crippen LogP contribution in [0.25, 0.3) is 11.0 Å². The van der Waals surface area contributed by atoms with E-state index >= 15 is 0 Å². The summed E-state index contributed by atoms with van der Waals surface area (Å²) >= 11 is 0. The van der Waals surface area contributed by atoms with Gasteiger partial charge in [-0.1, -0.05) is 19.3 Å². The quantitative estimate of drug-likeness (QED) is 0.427. The molecule has 2 aromatic heterocycles. The minimum absolute atomic E-state index is 0.308. The maximum absolute atomic E-state index is 13.4. The summed E-state index contributed by atoms with van der Waals surface area (Å²) in [6, 6.07) is 0. The van der Waals surface area contributed by atoms with Crippen LogP contribution in [-0.4, -0.2) is 72.8 Å². The summed E-state index contributed by atoms with van der Waals surface area (Å²) in [6.45, 7) is 3.76. The number of aliphatic carboxylic acids is 1. The molecule has 3 heterocycles. The number of anilines is 1. The second kappa shape index (κ2) is 11.4. The number of carbonyl (C=O) groups is 3. The van der Waals surface area contributed by atoms with Crippen LogP contribution in [0.3, 0.4) is 0 Å². The molecule has 188 valence electrons. The molecule has 11 nitrogen and oxygen atoms in total. The predicted octanol–water partition coefficient (Wildman–Crippen LogP) is 2.53. The zero-order chi connectivity index (χ0) is 24.7. The Morgan fingerprint density at radius 3 is 2.43 bits per heavy atom. The second-order valence-corrected chi connectivity index (χ2v) is 9.18. The first-order valence-corrected chi connectivity index (χ1v) is 12.3. The number of carboxylic acids is 1. The Morgan fingerprint density at radius 2 is 1.71 bits per heavy atom. The van der Waals surface area contributed by atoms with Gasteiger partial charge in [-0.05, 0) is 51.6 Å².